The first-order chi connectivity index (χ1) is 5.95. The molecular weight excluding hydrogens is 203 g/mol. The van der Waals surface area contributed by atoms with E-state index in [9.17, 15) is 4.57 Å². The van der Waals surface area contributed by atoms with Crippen LogP contribution in [0.25, 0.3) is 0 Å². The molecule has 0 aliphatic heterocycles. The van der Waals surface area contributed by atoms with Crippen molar-refractivity contribution in [3.8, 4) is 0 Å². The third-order valence-electron chi connectivity index (χ3n) is 1.81. The molecule has 1 unspecified atom stereocenters. The number of hydrogen-bond donors (Lipinski definition) is 2. The number of hydrogen-bond acceptors (Lipinski definition) is 2. The molecule has 1 atom stereocenters. The van der Waals surface area contributed by atoms with Crippen molar-refractivity contribution in [3.63, 3.8) is 0 Å². The first-order valence-electron chi connectivity index (χ1n) is 4.81. The highest BCUT2D eigenvalue weighted by molar-refractivity contribution is 8.57. The Labute approximate surface area is 85.2 Å². The topological polar surface area (TPSA) is 69.1 Å². The van der Waals surface area contributed by atoms with Gasteiger partial charge in [0.1, 0.15) is 0 Å². The first-order valence-corrected chi connectivity index (χ1v) is 8.14. The van der Waals surface area contributed by atoms with Crippen LogP contribution in [0.5, 0.6) is 0 Å². The zero-order chi connectivity index (χ0) is 10.3. The molecule has 0 aromatic rings. The van der Waals surface area contributed by atoms with Gasteiger partial charge in [0, 0.05) is 5.25 Å². The van der Waals surface area contributed by atoms with Crippen LogP contribution in [0, 0.1) is 0 Å². The molecule has 0 heterocycles. The second-order valence-electron chi connectivity index (χ2n) is 3.41. The second-order valence-corrected chi connectivity index (χ2v) is 8.06. The van der Waals surface area contributed by atoms with E-state index >= 15 is 0 Å². The molecule has 0 aliphatic carbocycles. The fourth-order valence-corrected chi connectivity index (χ4v) is 4.03. The van der Waals surface area contributed by atoms with Gasteiger partial charge < -0.3 is 0 Å². The summed E-state index contributed by atoms with van der Waals surface area (Å²) in [4.78, 5) is 0. The predicted molar refractivity (Wildman–Crippen MR) is 61.8 cm³/mol. The number of unbranched alkanes of at least 4 members (excludes halogenated alkanes) is 3. The van der Waals surface area contributed by atoms with E-state index in [2.05, 4.69) is 6.92 Å². The van der Waals surface area contributed by atoms with Gasteiger partial charge in [-0.3, -0.25) is 15.6 Å². The quantitative estimate of drug-likeness (QED) is 0.515. The lowest BCUT2D eigenvalue weighted by molar-refractivity contribution is 0.586. The SMILES string of the molecule is CCCCCCC(C)SP(N)(N)=O. The Balaban J connectivity index is 3.41. The maximum atomic E-state index is 11.0. The van der Waals surface area contributed by atoms with Crippen LogP contribution in [0.3, 0.4) is 0 Å². The monoisotopic (exact) mass is 224 g/mol. The highest BCUT2D eigenvalue weighted by Crippen LogP contribution is 2.46. The molecule has 13 heavy (non-hydrogen) atoms. The highest BCUT2D eigenvalue weighted by Gasteiger charge is 2.14. The van der Waals surface area contributed by atoms with Gasteiger partial charge in [0.15, 0.2) is 0 Å². The van der Waals surface area contributed by atoms with E-state index in [1.54, 1.807) is 0 Å². The van der Waals surface area contributed by atoms with E-state index in [0.29, 0.717) is 5.25 Å². The average molecular weight is 224 g/mol. The average Bonchev–Trinajstić information content (AvgIpc) is 1.94. The predicted octanol–water partition coefficient (Wildman–Crippen LogP) is 3.10. The van der Waals surface area contributed by atoms with Gasteiger partial charge in [0.25, 0.3) is 6.65 Å². The molecule has 0 saturated heterocycles. The summed E-state index contributed by atoms with van der Waals surface area (Å²) in [6.07, 6.45) is 6.01. The minimum Gasteiger partial charge on any atom is -0.277 e. The third-order valence-corrected chi connectivity index (χ3v) is 4.80. The van der Waals surface area contributed by atoms with Crippen molar-refractivity contribution in [1.82, 2.24) is 0 Å². The molecule has 5 heteroatoms. The molecule has 0 aromatic carbocycles. The van der Waals surface area contributed by atoms with E-state index in [1.807, 2.05) is 6.92 Å². The van der Waals surface area contributed by atoms with Gasteiger partial charge in [0.05, 0.1) is 0 Å². The summed E-state index contributed by atoms with van der Waals surface area (Å²) >= 11 is 1.23. The largest absolute Gasteiger partial charge is 0.277 e. The first kappa shape index (κ1) is 13.5. The lowest BCUT2D eigenvalue weighted by Gasteiger charge is -2.12. The number of nitrogens with two attached hydrogens (primary N) is 2. The van der Waals surface area contributed by atoms with E-state index in [4.69, 9.17) is 11.0 Å². The van der Waals surface area contributed by atoms with Gasteiger partial charge in [-0.25, -0.2) is 0 Å². The Hall–Kier alpha value is 0.500. The standard InChI is InChI=1S/C8H21N2OPS/c1-3-4-5-6-7-8(2)13-12(9,10)11/h8H,3-7H2,1-2H3,(H4,9,10,11). The summed E-state index contributed by atoms with van der Waals surface area (Å²) in [6.45, 7) is 1.36. The number of rotatable bonds is 7. The van der Waals surface area contributed by atoms with Gasteiger partial charge in [-0.05, 0) is 6.42 Å². The van der Waals surface area contributed by atoms with Gasteiger partial charge >= 0.3 is 0 Å². The zero-order valence-corrected chi connectivity index (χ0v) is 10.2. The lowest BCUT2D eigenvalue weighted by atomic mass is 10.1. The van der Waals surface area contributed by atoms with Crippen LogP contribution in [-0.4, -0.2) is 5.25 Å². The van der Waals surface area contributed by atoms with Crippen molar-refractivity contribution in [3.05, 3.63) is 0 Å². The van der Waals surface area contributed by atoms with Crippen molar-refractivity contribution >= 4 is 18.0 Å². The molecule has 0 fully saturated rings. The Morgan fingerprint density at radius 1 is 1.31 bits per heavy atom. The van der Waals surface area contributed by atoms with E-state index in [1.165, 1.54) is 37.1 Å². The van der Waals surface area contributed by atoms with Crippen molar-refractivity contribution in [2.45, 2.75) is 51.2 Å². The van der Waals surface area contributed by atoms with E-state index in [-0.39, 0.29) is 0 Å². The zero-order valence-electron chi connectivity index (χ0n) is 8.53. The van der Waals surface area contributed by atoms with Gasteiger partial charge in [0.2, 0.25) is 0 Å². The molecular formula is C8H21N2OPS. The van der Waals surface area contributed by atoms with Crippen molar-refractivity contribution in [2.24, 2.45) is 11.0 Å². The van der Waals surface area contributed by atoms with Gasteiger partial charge in [-0.2, -0.15) is 0 Å². The third kappa shape index (κ3) is 10.4. The second kappa shape index (κ2) is 6.88. The molecule has 0 spiro atoms. The van der Waals surface area contributed by atoms with Crippen molar-refractivity contribution in [1.29, 1.82) is 0 Å². The van der Waals surface area contributed by atoms with Crippen molar-refractivity contribution < 1.29 is 4.57 Å². The summed E-state index contributed by atoms with van der Waals surface area (Å²) in [6, 6.07) is 0. The van der Waals surface area contributed by atoms with E-state index < -0.39 is 6.65 Å². The molecule has 80 valence electrons. The van der Waals surface area contributed by atoms with Crippen LogP contribution in [0.15, 0.2) is 0 Å². The highest BCUT2D eigenvalue weighted by atomic mass is 32.7. The Morgan fingerprint density at radius 3 is 2.38 bits per heavy atom. The molecule has 4 N–H and O–H groups in total. The van der Waals surface area contributed by atoms with Gasteiger partial charge in [-0.15, -0.1) is 0 Å². The molecule has 0 radical (unpaired) electrons. The minimum atomic E-state index is -2.86. The maximum Gasteiger partial charge on any atom is 0.261 e. The van der Waals surface area contributed by atoms with E-state index in [0.717, 1.165) is 6.42 Å². The Morgan fingerprint density at radius 2 is 1.92 bits per heavy atom. The Kier molecular flexibility index (Phi) is 7.15. The minimum absolute atomic E-state index is 0.317. The summed E-state index contributed by atoms with van der Waals surface area (Å²) in [5.74, 6) is 0. The van der Waals surface area contributed by atoms with Crippen LogP contribution < -0.4 is 11.0 Å². The van der Waals surface area contributed by atoms with Crippen LogP contribution in [-0.2, 0) is 4.57 Å². The molecule has 3 nitrogen and oxygen atoms in total. The normalized spacial score (nSPS) is 14.5. The lowest BCUT2D eigenvalue weighted by Crippen LogP contribution is -2.05. The molecule has 0 aliphatic rings. The molecule has 0 aromatic heterocycles. The maximum absolute atomic E-state index is 11.0. The van der Waals surface area contributed by atoms with Crippen LogP contribution in [0.2, 0.25) is 0 Å². The molecule has 0 rings (SSSR count). The van der Waals surface area contributed by atoms with Crippen molar-refractivity contribution in [2.75, 3.05) is 0 Å². The molecule has 0 saturated carbocycles. The molecule has 0 bridgehead atoms. The summed E-state index contributed by atoms with van der Waals surface area (Å²) < 4.78 is 11.0. The molecule has 0 amide bonds. The summed E-state index contributed by atoms with van der Waals surface area (Å²) in [5, 5.41) is 0.317. The van der Waals surface area contributed by atoms with Gasteiger partial charge in [-0.1, -0.05) is 50.9 Å². The fourth-order valence-electron chi connectivity index (χ4n) is 1.19. The van der Waals surface area contributed by atoms with Crippen LogP contribution in [0.1, 0.15) is 46.0 Å². The summed E-state index contributed by atoms with van der Waals surface area (Å²) in [7, 11) is 0. The Bertz CT molecular complexity index is 172. The fraction of sp³-hybridized carbons (Fsp3) is 1.00. The van der Waals surface area contributed by atoms with Crippen LogP contribution >= 0.6 is 18.0 Å². The van der Waals surface area contributed by atoms with Crippen LogP contribution in [0.4, 0.5) is 0 Å². The smallest absolute Gasteiger partial charge is 0.261 e. The summed E-state index contributed by atoms with van der Waals surface area (Å²) in [5.41, 5.74) is 10.5.